The summed E-state index contributed by atoms with van der Waals surface area (Å²) in [7, 11) is -1.70. The number of nitrogens with zero attached hydrogens (tertiary/aromatic N) is 1. The maximum absolute atomic E-state index is 12.2. The van der Waals surface area contributed by atoms with Gasteiger partial charge in [0.2, 0.25) is 10.0 Å². The highest BCUT2D eigenvalue weighted by molar-refractivity contribution is 7.88. The van der Waals surface area contributed by atoms with Crippen molar-refractivity contribution in [1.29, 1.82) is 0 Å². The number of nitrogens with one attached hydrogen (secondary N) is 1. The van der Waals surface area contributed by atoms with E-state index in [1.807, 2.05) is 0 Å². The van der Waals surface area contributed by atoms with Gasteiger partial charge < -0.3 is 9.26 Å². The summed E-state index contributed by atoms with van der Waals surface area (Å²) in [5.74, 6) is 0.221. The van der Waals surface area contributed by atoms with Crippen LogP contribution < -0.4 is 4.72 Å². The second-order valence-corrected chi connectivity index (χ2v) is 7.66. The van der Waals surface area contributed by atoms with Crippen molar-refractivity contribution in [3.05, 3.63) is 17.5 Å². The maximum atomic E-state index is 12.2. The van der Waals surface area contributed by atoms with Gasteiger partial charge in [-0.25, -0.2) is 13.1 Å². The number of hydrogen-bond donors (Lipinski definition) is 1. The van der Waals surface area contributed by atoms with Gasteiger partial charge in [0.25, 0.3) is 0 Å². The first kappa shape index (κ1) is 14.0. The van der Waals surface area contributed by atoms with Crippen LogP contribution in [0.25, 0.3) is 0 Å². The van der Waals surface area contributed by atoms with Crippen LogP contribution in [0.2, 0.25) is 0 Å². The highest BCUT2D eigenvalue weighted by atomic mass is 32.2. The first-order valence-electron chi connectivity index (χ1n) is 6.90. The molecule has 1 spiro atoms. The Kier molecular flexibility index (Phi) is 3.38. The van der Waals surface area contributed by atoms with E-state index in [1.54, 1.807) is 20.1 Å². The van der Waals surface area contributed by atoms with Crippen LogP contribution in [0, 0.1) is 12.3 Å². The molecule has 112 valence electrons. The summed E-state index contributed by atoms with van der Waals surface area (Å²) in [6, 6.07) is 1.65. The summed E-state index contributed by atoms with van der Waals surface area (Å²) < 4.78 is 37.6. The molecule has 7 heteroatoms. The van der Waals surface area contributed by atoms with E-state index in [0.29, 0.717) is 11.5 Å². The monoisotopic (exact) mass is 300 g/mol. The Morgan fingerprint density at radius 2 is 2.30 bits per heavy atom. The van der Waals surface area contributed by atoms with E-state index >= 15 is 0 Å². The number of rotatable bonds is 5. The zero-order chi connectivity index (χ0) is 14.4. The van der Waals surface area contributed by atoms with Crippen LogP contribution in [-0.2, 0) is 20.5 Å². The van der Waals surface area contributed by atoms with Gasteiger partial charge in [0, 0.05) is 24.6 Å². The van der Waals surface area contributed by atoms with Crippen LogP contribution in [0.3, 0.4) is 0 Å². The van der Waals surface area contributed by atoms with E-state index in [0.717, 1.165) is 25.7 Å². The normalized spacial score (nSPS) is 28.1. The van der Waals surface area contributed by atoms with Gasteiger partial charge in [-0.05, 0) is 26.2 Å². The Bertz CT molecular complexity index is 591. The van der Waals surface area contributed by atoms with Gasteiger partial charge in [0.1, 0.15) is 5.75 Å². The van der Waals surface area contributed by atoms with Gasteiger partial charge in [-0.15, -0.1) is 0 Å². The maximum Gasteiger partial charge on any atom is 0.219 e. The minimum Gasteiger partial charge on any atom is -0.381 e. The van der Waals surface area contributed by atoms with Crippen molar-refractivity contribution < 1.29 is 17.7 Å². The van der Waals surface area contributed by atoms with E-state index in [4.69, 9.17) is 9.26 Å². The van der Waals surface area contributed by atoms with Crippen LogP contribution >= 0.6 is 0 Å². The number of sulfonamides is 1. The van der Waals surface area contributed by atoms with E-state index < -0.39 is 10.0 Å². The third-order valence-corrected chi connectivity index (χ3v) is 5.99. The molecule has 2 aliphatic rings. The molecule has 20 heavy (non-hydrogen) atoms. The van der Waals surface area contributed by atoms with Gasteiger partial charge in [-0.2, -0.15) is 0 Å². The predicted molar refractivity (Wildman–Crippen MR) is 72.5 cm³/mol. The molecule has 2 fully saturated rings. The number of aromatic nitrogens is 1. The van der Waals surface area contributed by atoms with Crippen molar-refractivity contribution in [2.24, 2.45) is 5.41 Å². The highest BCUT2D eigenvalue weighted by Gasteiger charge is 2.59. The molecular weight excluding hydrogens is 280 g/mol. The number of methoxy groups -OCH3 is 1. The molecule has 0 radical (unpaired) electrons. The molecule has 0 unspecified atom stereocenters. The molecule has 3 rings (SSSR count). The fraction of sp³-hybridized carbons (Fsp3) is 0.769. The second kappa shape index (κ2) is 4.82. The quantitative estimate of drug-likeness (QED) is 0.888. The first-order chi connectivity index (χ1) is 9.45. The molecule has 0 aromatic carbocycles. The van der Waals surface area contributed by atoms with Crippen LogP contribution in [0.5, 0.6) is 0 Å². The van der Waals surface area contributed by atoms with E-state index in [1.165, 1.54) is 0 Å². The average molecular weight is 300 g/mol. The van der Waals surface area contributed by atoms with Gasteiger partial charge in [0.15, 0.2) is 5.76 Å². The third kappa shape index (κ3) is 2.27. The standard InChI is InChI=1S/C13H20N2O4S/c1-9-6-10(19-14-9)8-20(16,17)15-11-7-12(18-2)13(11)4-3-5-13/h6,11-12,15H,3-5,7-8H2,1-2H3/t11-,12+/m1/s1. The average Bonchev–Trinajstić information content (AvgIpc) is 2.66. The fourth-order valence-electron chi connectivity index (χ4n) is 3.43. The molecule has 2 saturated carbocycles. The largest absolute Gasteiger partial charge is 0.381 e. The summed E-state index contributed by atoms with van der Waals surface area (Å²) in [5.41, 5.74) is 0.716. The van der Waals surface area contributed by atoms with Crippen molar-refractivity contribution in [1.82, 2.24) is 9.88 Å². The molecule has 2 aliphatic carbocycles. The van der Waals surface area contributed by atoms with Gasteiger partial charge in [-0.3, -0.25) is 0 Å². The lowest BCUT2D eigenvalue weighted by molar-refractivity contribution is -0.155. The highest BCUT2D eigenvalue weighted by Crippen LogP contribution is 2.57. The smallest absolute Gasteiger partial charge is 0.219 e. The Balaban J connectivity index is 1.65. The van der Waals surface area contributed by atoms with E-state index in [2.05, 4.69) is 9.88 Å². The number of hydrogen-bond acceptors (Lipinski definition) is 5. The third-order valence-electron chi connectivity index (χ3n) is 4.68. The Morgan fingerprint density at radius 3 is 2.80 bits per heavy atom. The molecule has 6 nitrogen and oxygen atoms in total. The minimum absolute atomic E-state index is 0.00443. The molecular formula is C13H20N2O4S. The summed E-state index contributed by atoms with van der Waals surface area (Å²) in [4.78, 5) is 0. The topological polar surface area (TPSA) is 81.4 Å². The fourth-order valence-corrected chi connectivity index (χ4v) is 4.79. The molecule has 1 aromatic rings. The lowest BCUT2D eigenvalue weighted by Crippen LogP contribution is -2.67. The molecule has 2 atom stereocenters. The summed E-state index contributed by atoms with van der Waals surface area (Å²) in [5, 5.41) is 3.71. The Labute approximate surface area is 118 Å². The van der Waals surface area contributed by atoms with Crippen molar-refractivity contribution in [2.45, 2.75) is 50.5 Å². The zero-order valence-electron chi connectivity index (χ0n) is 11.8. The van der Waals surface area contributed by atoms with Crippen molar-refractivity contribution in [2.75, 3.05) is 7.11 Å². The van der Waals surface area contributed by atoms with Crippen molar-refractivity contribution >= 4 is 10.0 Å². The van der Waals surface area contributed by atoms with Gasteiger partial charge >= 0.3 is 0 Å². The SMILES string of the molecule is CO[C@H]1C[C@@H](NS(=O)(=O)Cc2cc(C)no2)C12CCC2. The molecule has 0 bridgehead atoms. The van der Waals surface area contributed by atoms with Crippen molar-refractivity contribution in [3.8, 4) is 0 Å². The molecule has 0 saturated heterocycles. The van der Waals surface area contributed by atoms with E-state index in [-0.39, 0.29) is 23.3 Å². The predicted octanol–water partition coefficient (Wildman–Crippen LogP) is 1.36. The van der Waals surface area contributed by atoms with Crippen LogP contribution in [0.15, 0.2) is 10.6 Å². The van der Waals surface area contributed by atoms with Gasteiger partial charge in [0.05, 0.1) is 11.8 Å². The summed E-state index contributed by atoms with van der Waals surface area (Å²) in [6.07, 6.45) is 4.18. The molecule has 1 aromatic heterocycles. The zero-order valence-corrected chi connectivity index (χ0v) is 12.6. The van der Waals surface area contributed by atoms with Gasteiger partial charge in [-0.1, -0.05) is 11.6 Å². The summed E-state index contributed by atoms with van der Waals surface area (Å²) in [6.45, 7) is 1.77. The van der Waals surface area contributed by atoms with E-state index in [9.17, 15) is 8.42 Å². The number of aryl methyl sites for hydroxylation is 1. The Morgan fingerprint density at radius 1 is 1.55 bits per heavy atom. The lowest BCUT2D eigenvalue weighted by Gasteiger charge is -2.60. The molecule has 1 heterocycles. The van der Waals surface area contributed by atoms with Crippen LogP contribution in [0.1, 0.15) is 37.1 Å². The van der Waals surface area contributed by atoms with Crippen molar-refractivity contribution in [3.63, 3.8) is 0 Å². The van der Waals surface area contributed by atoms with Crippen LogP contribution in [0.4, 0.5) is 0 Å². The molecule has 0 amide bonds. The second-order valence-electron chi connectivity index (χ2n) is 5.91. The number of ether oxygens (including phenoxy) is 1. The van der Waals surface area contributed by atoms with Crippen LogP contribution in [-0.4, -0.2) is 32.8 Å². The molecule has 1 N–H and O–H groups in total. The molecule has 0 aliphatic heterocycles. The minimum atomic E-state index is -3.40. The first-order valence-corrected chi connectivity index (χ1v) is 8.55. The lowest BCUT2D eigenvalue weighted by atomic mass is 9.51. The Hall–Kier alpha value is -0.920. The summed E-state index contributed by atoms with van der Waals surface area (Å²) >= 11 is 0.